The van der Waals surface area contributed by atoms with Crippen LogP contribution in [0.15, 0.2) is 16.8 Å². The second-order valence-corrected chi connectivity index (χ2v) is 2.54. The Hall–Kier alpha value is -1.38. The highest BCUT2D eigenvalue weighted by molar-refractivity contribution is 6.11. The third-order valence-corrected chi connectivity index (χ3v) is 1.70. The molecular weight excluding hydrogens is 170 g/mol. The standard InChI is InChI=1S/C8H11N3O2/c1-13-11-7(5-9)6-3-2-4-10-8(6)12/h3,8,10,12H,2,4H2,1H3. The maximum absolute atomic E-state index is 9.43. The van der Waals surface area contributed by atoms with Crippen LogP contribution < -0.4 is 5.32 Å². The SMILES string of the molecule is CON=C(C#N)C1=CCCNC1O. The Bertz CT molecular complexity index is 278. The van der Waals surface area contributed by atoms with E-state index in [9.17, 15) is 5.11 Å². The molecule has 5 nitrogen and oxygen atoms in total. The van der Waals surface area contributed by atoms with Gasteiger partial charge in [0.25, 0.3) is 0 Å². The van der Waals surface area contributed by atoms with Crippen LogP contribution >= 0.6 is 0 Å². The molecule has 1 rings (SSSR count). The fourth-order valence-electron chi connectivity index (χ4n) is 1.12. The van der Waals surface area contributed by atoms with Crippen LogP contribution in [-0.4, -0.2) is 30.7 Å². The van der Waals surface area contributed by atoms with E-state index in [0.717, 1.165) is 6.42 Å². The topological polar surface area (TPSA) is 77.6 Å². The smallest absolute Gasteiger partial charge is 0.186 e. The van der Waals surface area contributed by atoms with Crippen molar-refractivity contribution in [2.24, 2.45) is 5.16 Å². The third-order valence-electron chi connectivity index (χ3n) is 1.70. The number of nitrogens with one attached hydrogen (secondary N) is 1. The van der Waals surface area contributed by atoms with E-state index in [1.165, 1.54) is 7.11 Å². The largest absolute Gasteiger partial charge is 0.398 e. The second kappa shape index (κ2) is 4.60. The van der Waals surface area contributed by atoms with Gasteiger partial charge in [-0.2, -0.15) is 5.26 Å². The molecule has 0 bridgehead atoms. The van der Waals surface area contributed by atoms with E-state index in [0.29, 0.717) is 12.1 Å². The highest BCUT2D eigenvalue weighted by Gasteiger charge is 2.19. The van der Waals surface area contributed by atoms with Crippen LogP contribution in [0.4, 0.5) is 0 Å². The van der Waals surface area contributed by atoms with Gasteiger partial charge in [-0.3, -0.25) is 5.32 Å². The van der Waals surface area contributed by atoms with E-state index in [2.05, 4.69) is 15.3 Å². The molecular formula is C8H11N3O2. The third kappa shape index (κ3) is 2.28. The van der Waals surface area contributed by atoms with Gasteiger partial charge in [-0.05, 0) is 6.42 Å². The summed E-state index contributed by atoms with van der Waals surface area (Å²) in [5.74, 6) is 0. The number of nitriles is 1. The lowest BCUT2D eigenvalue weighted by atomic mass is 10.1. The summed E-state index contributed by atoms with van der Waals surface area (Å²) in [5, 5.41) is 24.4. The Balaban J connectivity index is 2.85. The minimum atomic E-state index is -0.817. The van der Waals surface area contributed by atoms with Gasteiger partial charge in [-0.1, -0.05) is 11.2 Å². The zero-order valence-corrected chi connectivity index (χ0v) is 7.32. The number of hydrogen-bond donors (Lipinski definition) is 2. The number of nitrogens with zero attached hydrogens (tertiary/aromatic N) is 2. The molecule has 0 fully saturated rings. The van der Waals surface area contributed by atoms with Crippen LogP contribution in [0.5, 0.6) is 0 Å². The zero-order valence-electron chi connectivity index (χ0n) is 7.32. The molecule has 0 radical (unpaired) electrons. The van der Waals surface area contributed by atoms with Crippen molar-refractivity contribution in [1.29, 1.82) is 5.26 Å². The molecule has 0 aliphatic carbocycles. The monoisotopic (exact) mass is 181 g/mol. The Labute approximate surface area is 76.3 Å². The summed E-state index contributed by atoms with van der Waals surface area (Å²) in [4.78, 5) is 4.48. The minimum absolute atomic E-state index is 0.113. The Morgan fingerprint density at radius 1 is 1.92 bits per heavy atom. The van der Waals surface area contributed by atoms with Gasteiger partial charge in [0.2, 0.25) is 0 Å². The van der Waals surface area contributed by atoms with E-state index in [-0.39, 0.29) is 5.71 Å². The Kier molecular flexibility index (Phi) is 3.43. The fraction of sp³-hybridized carbons (Fsp3) is 0.500. The van der Waals surface area contributed by atoms with Gasteiger partial charge in [0.05, 0.1) is 0 Å². The van der Waals surface area contributed by atoms with Gasteiger partial charge in [0, 0.05) is 12.1 Å². The van der Waals surface area contributed by atoms with Crippen LogP contribution in [-0.2, 0) is 4.84 Å². The molecule has 0 aromatic rings. The molecule has 0 aromatic carbocycles. The molecule has 0 saturated heterocycles. The van der Waals surface area contributed by atoms with Gasteiger partial charge in [0.15, 0.2) is 5.71 Å². The second-order valence-electron chi connectivity index (χ2n) is 2.54. The number of hydrogen-bond acceptors (Lipinski definition) is 5. The van der Waals surface area contributed by atoms with Crippen molar-refractivity contribution in [3.05, 3.63) is 11.6 Å². The van der Waals surface area contributed by atoms with Gasteiger partial charge in [-0.25, -0.2) is 0 Å². The molecule has 1 atom stereocenters. The van der Waals surface area contributed by atoms with E-state index < -0.39 is 6.23 Å². The molecule has 5 heteroatoms. The van der Waals surface area contributed by atoms with Crippen LogP contribution in [0.1, 0.15) is 6.42 Å². The summed E-state index contributed by atoms with van der Waals surface area (Å²) in [5.41, 5.74) is 0.595. The number of rotatable bonds is 2. The normalized spacial score (nSPS) is 23.3. The van der Waals surface area contributed by atoms with Gasteiger partial charge in [0.1, 0.15) is 19.4 Å². The summed E-state index contributed by atoms with van der Waals surface area (Å²) in [6.45, 7) is 0.705. The lowest BCUT2D eigenvalue weighted by molar-refractivity contribution is 0.171. The van der Waals surface area contributed by atoms with Crippen molar-refractivity contribution in [2.75, 3.05) is 13.7 Å². The molecule has 1 unspecified atom stereocenters. The summed E-state index contributed by atoms with van der Waals surface area (Å²) in [6, 6.07) is 1.86. The minimum Gasteiger partial charge on any atom is -0.398 e. The van der Waals surface area contributed by atoms with Gasteiger partial charge >= 0.3 is 0 Å². The van der Waals surface area contributed by atoms with Crippen LogP contribution in [0.3, 0.4) is 0 Å². The number of aliphatic hydroxyl groups is 1. The molecule has 13 heavy (non-hydrogen) atoms. The predicted molar refractivity (Wildman–Crippen MR) is 46.8 cm³/mol. The quantitative estimate of drug-likeness (QED) is 0.455. The van der Waals surface area contributed by atoms with Crippen molar-refractivity contribution < 1.29 is 9.94 Å². The molecule has 2 N–H and O–H groups in total. The first-order valence-electron chi connectivity index (χ1n) is 3.92. The van der Waals surface area contributed by atoms with Crippen LogP contribution in [0.25, 0.3) is 0 Å². The average Bonchev–Trinajstić information content (AvgIpc) is 2.16. The molecule has 70 valence electrons. The molecule has 0 spiro atoms. The van der Waals surface area contributed by atoms with Crippen molar-refractivity contribution in [1.82, 2.24) is 5.32 Å². The number of aliphatic hydroxyl groups excluding tert-OH is 1. The lowest BCUT2D eigenvalue weighted by Crippen LogP contribution is -2.37. The summed E-state index contributed by atoms with van der Waals surface area (Å²) in [7, 11) is 1.36. The van der Waals surface area contributed by atoms with E-state index in [4.69, 9.17) is 5.26 Å². The predicted octanol–water partition coefficient (Wildman–Crippen LogP) is -0.250. The van der Waals surface area contributed by atoms with E-state index in [1.54, 1.807) is 6.08 Å². The highest BCUT2D eigenvalue weighted by atomic mass is 16.6. The van der Waals surface area contributed by atoms with Gasteiger partial charge < -0.3 is 9.94 Å². The van der Waals surface area contributed by atoms with E-state index >= 15 is 0 Å². The summed E-state index contributed by atoms with van der Waals surface area (Å²) in [6.07, 6.45) is 1.74. The molecule has 1 heterocycles. The first-order chi connectivity index (χ1) is 6.29. The molecule has 0 amide bonds. The van der Waals surface area contributed by atoms with Crippen molar-refractivity contribution in [2.45, 2.75) is 12.6 Å². The van der Waals surface area contributed by atoms with E-state index in [1.807, 2.05) is 6.07 Å². The fourth-order valence-corrected chi connectivity index (χ4v) is 1.12. The van der Waals surface area contributed by atoms with Crippen LogP contribution in [0.2, 0.25) is 0 Å². The maximum Gasteiger partial charge on any atom is 0.186 e. The number of oxime groups is 1. The summed E-state index contributed by atoms with van der Waals surface area (Å²) >= 11 is 0. The van der Waals surface area contributed by atoms with Crippen molar-refractivity contribution in [3.63, 3.8) is 0 Å². The molecule has 0 aromatic heterocycles. The molecule has 1 aliphatic heterocycles. The van der Waals surface area contributed by atoms with Crippen molar-refractivity contribution in [3.8, 4) is 6.07 Å². The van der Waals surface area contributed by atoms with Gasteiger partial charge in [-0.15, -0.1) is 0 Å². The lowest BCUT2D eigenvalue weighted by Gasteiger charge is -2.18. The Morgan fingerprint density at radius 3 is 3.23 bits per heavy atom. The van der Waals surface area contributed by atoms with Crippen LogP contribution in [0, 0.1) is 11.3 Å². The Morgan fingerprint density at radius 2 is 2.69 bits per heavy atom. The summed E-state index contributed by atoms with van der Waals surface area (Å²) < 4.78 is 0. The highest BCUT2D eigenvalue weighted by Crippen LogP contribution is 2.09. The maximum atomic E-state index is 9.43. The first-order valence-corrected chi connectivity index (χ1v) is 3.92. The van der Waals surface area contributed by atoms with Crippen molar-refractivity contribution >= 4 is 5.71 Å². The zero-order chi connectivity index (χ0) is 9.68. The average molecular weight is 181 g/mol. The molecule has 1 aliphatic rings. The molecule has 0 saturated carbocycles. The first kappa shape index (κ1) is 9.71.